The highest BCUT2D eigenvalue weighted by molar-refractivity contribution is 8.09. The Morgan fingerprint density at radius 2 is 2.10 bits per heavy atom. The van der Waals surface area contributed by atoms with Gasteiger partial charge in [0.2, 0.25) is 0 Å². The van der Waals surface area contributed by atoms with Crippen LogP contribution < -0.4 is 15.0 Å². The number of hydrogen-bond donors (Lipinski definition) is 1. The fourth-order valence-corrected chi connectivity index (χ4v) is 5.51. The van der Waals surface area contributed by atoms with E-state index in [2.05, 4.69) is 10.3 Å². The number of aryl methyl sites for hydroxylation is 1. The van der Waals surface area contributed by atoms with E-state index in [0.29, 0.717) is 16.2 Å². The summed E-state index contributed by atoms with van der Waals surface area (Å²) in [5.74, 6) is -0.879. The molecule has 1 aromatic carbocycles. The third-order valence-corrected chi connectivity index (χ3v) is 7.04. The molecule has 0 radical (unpaired) electrons. The van der Waals surface area contributed by atoms with Crippen molar-refractivity contribution in [3.8, 4) is 5.75 Å². The Kier molecular flexibility index (Phi) is 4.67. The molecule has 7 nitrogen and oxygen atoms in total. The summed E-state index contributed by atoms with van der Waals surface area (Å²) in [7, 11) is 3.21. The van der Waals surface area contributed by atoms with E-state index in [0.717, 1.165) is 15.8 Å². The van der Waals surface area contributed by atoms with Gasteiger partial charge in [-0.2, -0.15) is 0 Å². The molecular formula is C21H16ClFN4O3S. The average molecular weight is 459 g/mol. The molecule has 1 fully saturated rings. The Morgan fingerprint density at radius 3 is 2.87 bits per heavy atom. The zero-order chi connectivity index (χ0) is 21.9. The molecule has 0 bridgehead atoms. The highest BCUT2D eigenvalue weighted by atomic mass is 35.5. The molecule has 1 saturated heterocycles. The van der Waals surface area contributed by atoms with Crippen molar-refractivity contribution in [2.24, 2.45) is 7.05 Å². The maximum absolute atomic E-state index is 13.9. The predicted octanol–water partition coefficient (Wildman–Crippen LogP) is 3.96. The van der Waals surface area contributed by atoms with Crippen molar-refractivity contribution >= 4 is 56.8 Å². The first kappa shape index (κ1) is 19.9. The van der Waals surface area contributed by atoms with Crippen molar-refractivity contribution in [3.05, 3.63) is 59.3 Å². The van der Waals surface area contributed by atoms with Crippen molar-refractivity contribution in [2.45, 2.75) is 11.3 Å². The van der Waals surface area contributed by atoms with Crippen LogP contribution in [0.25, 0.3) is 15.8 Å². The number of thioether (sulfide) groups is 1. The second-order valence-corrected chi connectivity index (χ2v) is 8.80. The number of fused-ring (bicyclic) bond motifs is 2. The van der Waals surface area contributed by atoms with Crippen LogP contribution in [0, 0.1) is 5.82 Å². The van der Waals surface area contributed by atoms with E-state index in [1.807, 2.05) is 23.9 Å². The third-order valence-electron chi connectivity index (χ3n) is 5.37. The zero-order valence-corrected chi connectivity index (χ0v) is 18.0. The lowest BCUT2D eigenvalue weighted by Gasteiger charge is -2.33. The molecule has 0 spiro atoms. The molecule has 2 unspecified atom stereocenters. The first-order valence-corrected chi connectivity index (χ1v) is 10.6. The number of ether oxygens (including phenoxy) is 1. The molecule has 4 heterocycles. The van der Waals surface area contributed by atoms with Gasteiger partial charge in [0.15, 0.2) is 11.6 Å². The number of carbonyl (C=O) groups excluding carboxylic acids is 2. The summed E-state index contributed by atoms with van der Waals surface area (Å²) in [5.41, 5.74) is 1.69. The number of hydrogen-bond acceptors (Lipinski definition) is 5. The summed E-state index contributed by atoms with van der Waals surface area (Å²) in [6, 6.07) is 3.50. The summed E-state index contributed by atoms with van der Waals surface area (Å²) < 4.78 is 20.8. The van der Waals surface area contributed by atoms with Gasteiger partial charge in [-0.1, -0.05) is 11.6 Å². The third kappa shape index (κ3) is 3.07. The van der Waals surface area contributed by atoms with Crippen LogP contribution in [-0.2, 0) is 11.8 Å². The van der Waals surface area contributed by atoms with Gasteiger partial charge in [-0.05, 0) is 24.3 Å². The van der Waals surface area contributed by atoms with Gasteiger partial charge in [0.25, 0.3) is 5.91 Å². The van der Waals surface area contributed by atoms with E-state index in [9.17, 15) is 14.0 Å². The second kappa shape index (κ2) is 7.28. The van der Waals surface area contributed by atoms with Gasteiger partial charge < -0.3 is 14.6 Å². The minimum atomic E-state index is -0.588. The first-order valence-electron chi connectivity index (χ1n) is 9.34. The highest BCUT2D eigenvalue weighted by Gasteiger charge is 2.46. The Hall–Kier alpha value is -3.04. The monoisotopic (exact) mass is 458 g/mol. The molecule has 1 N–H and O–H groups in total. The van der Waals surface area contributed by atoms with Gasteiger partial charge in [0.05, 0.1) is 35.6 Å². The molecular weight excluding hydrogens is 443 g/mol. The van der Waals surface area contributed by atoms with Crippen LogP contribution in [0.1, 0.15) is 5.56 Å². The van der Waals surface area contributed by atoms with Crippen molar-refractivity contribution < 1.29 is 18.7 Å². The summed E-state index contributed by atoms with van der Waals surface area (Å²) in [6.07, 6.45) is 6.80. The topological polar surface area (TPSA) is 76.5 Å². The summed E-state index contributed by atoms with van der Waals surface area (Å²) >= 11 is 7.53. The maximum atomic E-state index is 13.9. The Balaban J connectivity index is 1.51. The standard InChI is InChI=1S/C21H16ClFN4O3S/c1-26-4-3-10-8-24-9-15(18(10)26)27-20(28)19-14(25-21(27)29)7-17(31-19)11-5-16(30-2)13(23)6-12(11)22/h3-9,14,19H,1-2H3,(H,25,29). The average Bonchev–Trinajstić information content (AvgIpc) is 3.32. The molecule has 3 amide bonds. The molecule has 2 aliphatic heterocycles. The minimum Gasteiger partial charge on any atom is -0.494 e. The lowest BCUT2D eigenvalue weighted by atomic mass is 10.1. The van der Waals surface area contributed by atoms with Crippen LogP contribution >= 0.6 is 23.4 Å². The number of carbonyl (C=O) groups is 2. The Bertz CT molecular complexity index is 1290. The van der Waals surface area contributed by atoms with Crippen molar-refractivity contribution in [3.63, 3.8) is 0 Å². The maximum Gasteiger partial charge on any atom is 0.329 e. The number of benzene rings is 1. The largest absolute Gasteiger partial charge is 0.494 e. The quantitative estimate of drug-likeness (QED) is 0.643. The van der Waals surface area contributed by atoms with Crippen molar-refractivity contribution in [1.82, 2.24) is 14.9 Å². The highest BCUT2D eigenvalue weighted by Crippen LogP contribution is 2.45. The fraction of sp³-hybridized carbons (Fsp3) is 0.190. The Labute approximate surface area is 185 Å². The second-order valence-electron chi connectivity index (χ2n) is 7.21. The number of urea groups is 1. The van der Waals surface area contributed by atoms with Crippen LogP contribution in [0.4, 0.5) is 14.9 Å². The first-order chi connectivity index (χ1) is 14.9. The van der Waals surface area contributed by atoms with Gasteiger partial charge >= 0.3 is 6.03 Å². The van der Waals surface area contributed by atoms with Crippen LogP contribution in [0.15, 0.2) is 42.9 Å². The van der Waals surface area contributed by atoms with Gasteiger partial charge in [-0.3, -0.25) is 9.78 Å². The number of anilines is 1. The van der Waals surface area contributed by atoms with Crippen molar-refractivity contribution in [2.75, 3.05) is 12.0 Å². The van der Waals surface area contributed by atoms with Crippen LogP contribution in [0.5, 0.6) is 5.75 Å². The predicted molar refractivity (Wildman–Crippen MR) is 118 cm³/mol. The van der Waals surface area contributed by atoms with Gasteiger partial charge in [-0.25, -0.2) is 14.1 Å². The summed E-state index contributed by atoms with van der Waals surface area (Å²) in [6.45, 7) is 0. The number of imide groups is 1. The summed E-state index contributed by atoms with van der Waals surface area (Å²) in [5, 5.41) is 3.31. The molecule has 5 rings (SSSR count). The lowest BCUT2D eigenvalue weighted by Crippen LogP contribution is -2.60. The molecule has 0 aliphatic carbocycles. The number of pyridine rings is 1. The molecule has 31 heavy (non-hydrogen) atoms. The fourth-order valence-electron chi connectivity index (χ4n) is 3.91. The van der Waals surface area contributed by atoms with E-state index >= 15 is 0 Å². The zero-order valence-electron chi connectivity index (χ0n) is 16.4. The molecule has 10 heteroatoms. The number of amides is 3. The van der Waals surface area contributed by atoms with E-state index < -0.39 is 23.1 Å². The minimum absolute atomic E-state index is 0.0502. The van der Waals surface area contributed by atoms with Gasteiger partial charge in [0, 0.05) is 35.3 Å². The summed E-state index contributed by atoms with van der Waals surface area (Å²) in [4.78, 5) is 32.3. The molecule has 0 saturated carbocycles. The molecule has 158 valence electrons. The normalized spacial score (nSPS) is 20.6. The number of rotatable bonds is 3. The number of nitrogens with zero attached hydrogens (tertiary/aromatic N) is 3. The van der Waals surface area contributed by atoms with Crippen LogP contribution in [-0.4, -0.2) is 39.9 Å². The smallest absolute Gasteiger partial charge is 0.329 e. The van der Waals surface area contributed by atoms with Gasteiger partial charge in [-0.15, -0.1) is 11.8 Å². The molecule has 3 aromatic rings. The SMILES string of the molecule is COc1cc(C2=CC3NC(=O)N(c4cncc5ccn(C)c45)C(=O)C3S2)c(Cl)cc1F. The number of nitrogens with one attached hydrogen (secondary N) is 1. The number of halogens is 2. The van der Waals surface area contributed by atoms with E-state index in [1.165, 1.54) is 37.2 Å². The Morgan fingerprint density at radius 1 is 1.29 bits per heavy atom. The van der Waals surface area contributed by atoms with E-state index in [4.69, 9.17) is 16.3 Å². The van der Waals surface area contributed by atoms with Crippen molar-refractivity contribution in [1.29, 1.82) is 0 Å². The molecule has 2 atom stereocenters. The van der Waals surface area contributed by atoms with Gasteiger partial charge in [0.1, 0.15) is 5.25 Å². The molecule has 2 aromatic heterocycles. The number of aromatic nitrogens is 2. The number of methoxy groups -OCH3 is 1. The molecule has 2 aliphatic rings. The van der Waals surface area contributed by atoms with E-state index in [1.54, 1.807) is 12.3 Å². The van der Waals surface area contributed by atoms with Crippen LogP contribution in [0.2, 0.25) is 5.02 Å². The van der Waals surface area contributed by atoms with Crippen LogP contribution in [0.3, 0.4) is 0 Å². The van der Waals surface area contributed by atoms with E-state index in [-0.39, 0.29) is 16.7 Å². The lowest BCUT2D eigenvalue weighted by molar-refractivity contribution is -0.118.